The number of nitrogens with zero attached hydrogens (tertiary/aromatic N) is 2. The van der Waals surface area contributed by atoms with Crippen LogP contribution in [-0.4, -0.2) is 38.3 Å². The summed E-state index contributed by atoms with van der Waals surface area (Å²) in [6.45, 7) is 4.14. The molecule has 1 N–H and O–H groups in total. The summed E-state index contributed by atoms with van der Waals surface area (Å²) in [4.78, 5) is 6.66. The average molecular weight is 280 g/mol. The number of anilines is 1. The molecule has 1 fully saturated rings. The van der Waals surface area contributed by atoms with Gasteiger partial charge in [-0.3, -0.25) is 0 Å². The van der Waals surface area contributed by atoms with Gasteiger partial charge in [-0.2, -0.15) is 0 Å². The van der Waals surface area contributed by atoms with Gasteiger partial charge in [0, 0.05) is 25.8 Å². The molecule has 0 aliphatic carbocycles. The third-order valence-electron chi connectivity index (χ3n) is 2.61. The van der Waals surface area contributed by atoms with E-state index in [-0.39, 0.29) is 24.8 Å². The predicted molar refractivity (Wildman–Crippen MR) is 75.0 cm³/mol. The van der Waals surface area contributed by atoms with E-state index in [1.807, 2.05) is 18.3 Å². The third kappa shape index (κ3) is 4.22. The number of hydrogen-bond acceptors (Lipinski definition) is 4. The van der Waals surface area contributed by atoms with Crippen molar-refractivity contribution in [3.8, 4) is 5.75 Å². The van der Waals surface area contributed by atoms with Gasteiger partial charge < -0.3 is 15.0 Å². The number of rotatable bonds is 2. The Kier molecular flexibility index (Phi) is 8.04. The van der Waals surface area contributed by atoms with Gasteiger partial charge in [0.05, 0.1) is 7.11 Å². The van der Waals surface area contributed by atoms with Crippen LogP contribution in [0.4, 0.5) is 5.82 Å². The van der Waals surface area contributed by atoms with Crippen LogP contribution in [0.15, 0.2) is 18.3 Å². The highest BCUT2D eigenvalue weighted by molar-refractivity contribution is 5.85. The number of methoxy groups -OCH3 is 1. The molecule has 0 saturated carbocycles. The highest BCUT2D eigenvalue weighted by atomic mass is 35.5. The standard InChI is InChI=1S/C11H17N3O.2ClH/c1-15-10-4-2-6-13-11(10)14-8-3-5-12-7-9-14;;/h2,4,6,12H,3,5,7-9H2,1H3;2*1H. The van der Waals surface area contributed by atoms with Gasteiger partial charge in [-0.15, -0.1) is 24.8 Å². The van der Waals surface area contributed by atoms with Gasteiger partial charge in [-0.25, -0.2) is 4.98 Å². The number of halogens is 2. The molecule has 4 nitrogen and oxygen atoms in total. The molecule has 1 aromatic heterocycles. The molecule has 0 atom stereocenters. The van der Waals surface area contributed by atoms with Crippen molar-refractivity contribution in [2.45, 2.75) is 6.42 Å². The van der Waals surface area contributed by atoms with Crippen molar-refractivity contribution < 1.29 is 4.74 Å². The molecular formula is C11H19Cl2N3O. The Balaban J connectivity index is 0.00000128. The minimum absolute atomic E-state index is 0. The molecule has 1 aliphatic heterocycles. The van der Waals surface area contributed by atoms with Gasteiger partial charge in [-0.1, -0.05) is 0 Å². The minimum Gasteiger partial charge on any atom is -0.493 e. The predicted octanol–water partition coefficient (Wildman–Crippen LogP) is 1.73. The van der Waals surface area contributed by atoms with Gasteiger partial charge in [0.15, 0.2) is 11.6 Å². The Morgan fingerprint density at radius 3 is 2.88 bits per heavy atom. The van der Waals surface area contributed by atoms with E-state index in [0.29, 0.717) is 0 Å². The Morgan fingerprint density at radius 2 is 2.12 bits per heavy atom. The van der Waals surface area contributed by atoms with Crippen molar-refractivity contribution in [2.75, 3.05) is 38.2 Å². The molecule has 6 heteroatoms. The Bertz CT molecular complexity index is 317. The summed E-state index contributed by atoms with van der Waals surface area (Å²) in [7, 11) is 1.69. The second-order valence-electron chi connectivity index (χ2n) is 3.62. The maximum absolute atomic E-state index is 5.31. The van der Waals surface area contributed by atoms with Gasteiger partial charge in [0.1, 0.15) is 0 Å². The van der Waals surface area contributed by atoms with Crippen LogP contribution in [0.5, 0.6) is 5.75 Å². The Morgan fingerprint density at radius 1 is 1.29 bits per heavy atom. The number of pyridine rings is 1. The fourth-order valence-electron chi connectivity index (χ4n) is 1.84. The first-order valence-corrected chi connectivity index (χ1v) is 5.36. The number of ether oxygens (including phenoxy) is 1. The highest BCUT2D eigenvalue weighted by Crippen LogP contribution is 2.24. The summed E-state index contributed by atoms with van der Waals surface area (Å²) in [6.07, 6.45) is 2.97. The molecule has 0 amide bonds. The summed E-state index contributed by atoms with van der Waals surface area (Å²) < 4.78 is 5.31. The normalized spacial score (nSPS) is 15.2. The molecule has 0 radical (unpaired) electrons. The first-order valence-electron chi connectivity index (χ1n) is 5.36. The van der Waals surface area contributed by atoms with Crippen LogP contribution >= 0.6 is 24.8 Å². The largest absolute Gasteiger partial charge is 0.493 e. The molecule has 0 bridgehead atoms. The molecule has 1 saturated heterocycles. The first-order chi connectivity index (χ1) is 7.42. The third-order valence-corrected chi connectivity index (χ3v) is 2.61. The maximum Gasteiger partial charge on any atom is 0.171 e. The van der Waals surface area contributed by atoms with Crippen LogP contribution in [0, 0.1) is 0 Å². The van der Waals surface area contributed by atoms with E-state index in [4.69, 9.17) is 4.74 Å². The smallest absolute Gasteiger partial charge is 0.171 e. The first kappa shape index (κ1) is 16.3. The van der Waals surface area contributed by atoms with E-state index < -0.39 is 0 Å². The summed E-state index contributed by atoms with van der Waals surface area (Å²) in [5.41, 5.74) is 0. The van der Waals surface area contributed by atoms with Crippen molar-refractivity contribution in [1.29, 1.82) is 0 Å². The zero-order chi connectivity index (χ0) is 10.5. The van der Waals surface area contributed by atoms with Crippen molar-refractivity contribution in [2.24, 2.45) is 0 Å². The van der Waals surface area contributed by atoms with Crippen molar-refractivity contribution in [1.82, 2.24) is 10.3 Å². The second-order valence-corrected chi connectivity index (χ2v) is 3.62. The lowest BCUT2D eigenvalue weighted by Gasteiger charge is -2.22. The molecule has 0 unspecified atom stereocenters. The number of nitrogens with one attached hydrogen (secondary N) is 1. The van der Waals surface area contributed by atoms with Crippen molar-refractivity contribution in [3.63, 3.8) is 0 Å². The van der Waals surface area contributed by atoms with E-state index >= 15 is 0 Å². The fraction of sp³-hybridized carbons (Fsp3) is 0.545. The Hall–Kier alpha value is -0.710. The van der Waals surface area contributed by atoms with E-state index in [1.165, 1.54) is 0 Å². The molecular weight excluding hydrogens is 261 g/mol. The molecule has 0 spiro atoms. The second kappa shape index (κ2) is 8.39. The molecule has 2 heterocycles. The molecule has 98 valence electrons. The van der Waals surface area contributed by atoms with E-state index in [9.17, 15) is 0 Å². The lowest BCUT2D eigenvalue weighted by atomic mass is 10.3. The van der Waals surface area contributed by atoms with E-state index in [2.05, 4.69) is 15.2 Å². The summed E-state index contributed by atoms with van der Waals surface area (Å²) in [5.74, 6) is 1.82. The molecule has 1 aliphatic rings. The quantitative estimate of drug-likeness (QED) is 0.895. The molecule has 0 aromatic carbocycles. The van der Waals surface area contributed by atoms with Crippen LogP contribution in [0.3, 0.4) is 0 Å². The van der Waals surface area contributed by atoms with Crippen LogP contribution < -0.4 is 15.0 Å². The van der Waals surface area contributed by atoms with Crippen LogP contribution in [0.25, 0.3) is 0 Å². The van der Waals surface area contributed by atoms with Crippen LogP contribution in [0.2, 0.25) is 0 Å². The lowest BCUT2D eigenvalue weighted by Crippen LogP contribution is -2.28. The van der Waals surface area contributed by atoms with E-state index in [1.54, 1.807) is 7.11 Å². The topological polar surface area (TPSA) is 37.4 Å². The zero-order valence-corrected chi connectivity index (χ0v) is 11.5. The zero-order valence-electron chi connectivity index (χ0n) is 9.89. The summed E-state index contributed by atoms with van der Waals surface area (Å²) >= 11 is 0. The van der Waals surface area contributed by atoms with Gasteiger partial charge >= 0.3 is 0 Å². The number of aromatic nitrogens is 1. The molecule has 1 aromatic rings. The Labute approximate surface area is 115 Å². The number of hydrogen-bond donors (Lipinski definition) is 1. The molecule has 2 rings (SSSR count). The highest BCUT2D eigenvalue weighted by Gasteiger charge is 2.14. The molecule has 17 heavy (non-hydrogen) atoms. The van der Waals surface area contributed by atoms with Crippen molar-refractivity contribution >= 4 is 30.6 Å². The minimum atomic E-state index is 0. The lowest BCUT2D eigenvalue weighted by molar-refractivity contribution is 0.412. The maximum atomic E-state index is 5.31. The summed E-state index contributed by atoms with van der Waals surface area (Å²) in [5, 5.41) is 3.37. The van der Waals surface area contributed by atoms with Crippen molar-refractivity contribution in [3.05, 3.63) is 18.3 Å². The van der Waals surface area contributed by atoms with Gasteiger partial charge in [0.25, 0.3) is 0 Å². The van der Waals surface area contributed by atoms with Gasteiger partial charge in [-0.05, 0) is 25.1 Å². The SMILES string of the molecule is COc1cccnc1N1CCCNCC1.Cl.Cl. The fourth-order valence-corrected chi connectivity index (χ4v) is 1.84. The average Bonchev–Trinajstić information content (AvgIpc) is 2.57. The summed E-state index contributed by atoms with van der Waals surface area (Å²) in [6, 6.07) is 3.86. The van der Waals surface area contributed by atoms with Gasteiger partial charge in [0.2, 0.25) is 0 Å². The van der Waals surface area contributed by atoms with E-state index in [0.717, 1.165) is 44.2 Å². The monoisotopic (exact) mass is 279 g/mol. The van der Waals surface area contributed by atoms with Crippen LogP contribution in [-0.2, 0) is 0 Å². The van der Waals surface area contributed by atoms with Crippen LogP contribution in [0.1, 0.15) is 6.42 Å².